The summed E-state index contributed by atoms with van der Waals surface area (Å²) in [6, 6.07) is 0. The molecule has 1 fully saturated rings. The fourth-order valence-electron chi connectivity index (χ4n) is 1.26. The fourth-order valence-corrected chi connectivity index (χ4v) is 5.86. The lowest BCUT2D eigenvalue weighted by Gasteiger charge is -2.17. The summed E-state index contributed by atoms with van der Waals surface area (Å²) in [5.41, 5.74) is 0.162. The van der Waals surface area contributed by atoms with Crippen LogP contribution in [0.1, 0.15) is 6.92 Å². The van der Waals surface area contributed by atoms with Gasteiger partial charge in [0.15, 0.2) is 11.0 Å². The van der Waals surface area contributed by atoms with Crippen LogP contribution < -0.4 is 0 Å². The van der Waals surface area contributed by atoms with Crippen LogP contribution in [0.15, 0.2) is 12.2 Å². The maximum atomic E-state index is 11.6. The van der Waals surface area contributed by atoms with Gasteiger partial charge >= 0.3 is 0 Å². The molecule has 86 valence electrons. The Morgan fingerprint density at radius 3 is 2.53 bits per heavy atom. The maximum absolute atomic E-state index is 11.6. The highest BCUT2D eigenvalue weighted by atomic mass is 32.2. The Labute approximate surface area is 97.6 Å². The van der Waals surface area contributed by atoms with Gasteiger partial charge in [0.1, 0.15) is 0 Å². The lowest BCUT2D eigenvalue weighted by atomic mass is 10.1. The second-order valence-corrected chi connectivity index (χ2v) is 7.43. The smallest absolute Gasteiger partial charge is 0.276 e. The SMILES string of the molecule is C=C(C)C(=O)C(C1CSCS1)S(=O)(=O)O. The largest absolute Gasteiger partial charge is 0.293 e. The molecule has 2 unspecified atom stereocenters. The molecule has 0 aliphatic carbocycles. The van der Waals surface area contributed by atoms with Crippen LogP contribution in [0.5, 0.6) is 0 Å². The van der Waals surface area contributed by atoms with Crippen LogP contribution in [0.4, 0.5) is 0 Å². The van der Waals surface area contributed by atoms with Crippen LogP contribution in [0, 0.1) is 0 Å². The van der Waals surface area contributed by atoms with Gasteiger partial charge in [-0.1, -0.05) is 6.58 Å². The number of ketones is 1. The highest BCUT2D eigenvalue weighted by Gasteiger charge is 2.40. The molecule has 0 aromatic rings. The molecular weight excluding hydrogens is 256 g/mol. The van der Waals surface area contributed by atoms with Gasteiger partial charge in [0, 0.05) is 16.1 Å². The van der Waals surface area contributed by atoms with E-state index in [1.54, 1.807) is 11.8 Å². The van der Waals surface area contributed by atoms with Gasteiger partial charge in [-0.25, -0.2) is 0 Å². The van der Waals surface area contributed by atoms with E-state index in [9.17, 15) is 13.2 Å². The van der Waals surface area contributed by atoms with Gasteiger partial charge in [0.25, 0.3) is 10.1 Å². The van der Waals surface area contributed by atoms with Crippen molar-refractivity contribution < 1.29 is 17.8 Å². The molecule has 1 aliphatic heterocycles. The van der Waals surface area contributed by atoms with Gasteiger partial charge in [-0.3, -0.25) is 9.35 Å². The number of allylic oxidation sites excluding steroid dienone is 1. The van der Waals surface area contributed by atoms with Gasteiger partial charge < -0.3 is 0 Å². The standard InChI is InChI=1S/C8H12O4S3/c1-5(2)7(9)8(15(10,11)12)6-3-13-4-14-6/h6,8H,1,3-4H2,2H3,(H,10,11,12). The first-order valence-corrected chi connectivity index (χ1v) is 7.90. The van der Waals surface area contributed by atoms with Crippen LogP contribution in [0.2, 0.25) is 0 Å². The summed E-state index contributed by atoms with van der Waals surface area (Å²) < 4.78 is 31.3. The molecule has 0 aromatic carbocycles. The Morgan fingerprint density at radius 2 is 2.20 bits per heavy atom. The van der Waals surface area contributed by atoms with Gasteiger partial charge in [-0.15, -0.1) is 23.5 Å². The van der Waals surface area contributed by atoms with Crippen LogP contribution >= 0.6 is 23.5 Å². The second kappa shape index (κ2) is 4.90. The zero-order valence-corrected chi connectivity index (χ0v) is 10.6. The molecule has 1 heterocycles. The normalized spacial score (nSPS) is 23.7. The van der Waals surface area contributed by atoms with Crippen molar-refractivity contribution in [3.05, 3.63) is 12.2 Å². The Balaban J connectivity index is 2.97. The number of rotatable bonds is 4. The van der Waals surface area contributed by atoms with Crippen molar-refractivity contribution in [1.82, 2.24) is 0 Å². The zero-order valence-electron chi connectivity index (χ0n) is 8.17. The number of thioether (sulfide) groups is 2. The zero-order chi connectivity index (χ0) is 11.6. The maximum Gasteiger partial charge on any atom is 0.276 e. The van der Waals surface area contributed by atoms with Crippen LogP contribution in [0.25, 0.3) is 0 Å². The predicted octanol–water partition coefficient (Wildman–Crippen LogP) is 1.19. The minimum Gasteiger partial charge on any atom is -0.293 e. The lowest BCUT2D eigenvalue weighted by Crippen LogP contribution is -2.39. The Kier molecular flexibility index (Phi) is 4.28. The lowest BCUT2D eigenvalue weighted by molar-refractivity contribution is -0.115. The van der Waals surface area contributed by atoms with E-state index >= 15 is 0 Å². The van der Waals surface area contributed by atoms with E-state index in [0.717, 1.165) is 5.08 Å². The number of hydrogen-bond donors (Lipinski definition) is 1. The van der Waals surface area contributed by atoms with Gasteiger partial charge in [-0.2, -0.15) is 8.42 Å². The van der Waals surface area contributed by atoms with Gasteiger partial charge in [0.05, 0.1) is 0 Å². The predicted molar refractivity (Wildman–Crippen MR) is 63.9 cm³/mol. The quantitative estimate of drug-likeness (QED) is 0.610. The van der Waals surface area contributed by atoms with Crippen molar-refractivity contribution in [2.24, 2.45) is 0 Å². The molecule has 0 spiro atoms. The van der Waals surface area contributed by atoms with Crippen molar-refractivity contribution in [1.29, 1.82) is 0 Å². The third kappa shape index (κ3) is 3.24. The molecule has 4 nitrogen and oxygen atoms in total. The average Bonchev–Trinajstić information content (AvgIpc) is 2.54. The van der Waals surface area contributed by atoms with Crippen molar-refractivity contribution >= 4 is 39.4 Å². The van der Waals surface area contributed by atoms with Crippen molar-refractivity contribution in [3.8, 4) is 0 Å². The van der Waals surface area contributed by atoms with Crippen LogP contribution in [0.3, 0.4) is 0 Å². The van der Waals surface area contributed by atoms with E-state index in [2.05, 4.69) is 6.58 Å². The number of carbonyl (C=O) groups excluding carboxylic acids is 1. The third-order valence-electron chi connectivity index (χ3n) is 1.99. The summed E-state index contributed by atoms with van der Waals surface area (Å²) in [5.74, 6) is -0.0220. The van der Waals surface area contributed by atoms with Crippen LogP contribution in [-0.4, -0.2) is 40.1 Å². The molecule has 0 saturated carbocycles. The minimum atomic E-state index is -4.34. The summed E-state index contributed by atoms with van der Waals surface area (Å²) >= 11 is 2.95. The third-order valence-corrected chi connectivity index (χ3v) is 6.23. The average molecular weight is 268 g/mol. The van der Waals surface area contributed by atoms with Crippen LogP contribution in [-0.2, 0) is 14.9 Å². The molecular formula is C8H12O4S3. The Morgan fingerprint density at radius 1 is 1.60 bits per heavy atom. The summed E-state index contributed by atoms with van der Waals surface area (Å²) in [6.07, 6.45) is 0. The fraction of sp³-hybridized carbons (Fsp3) is 0.625. The molecule has 1 saturated heterocycles. The van der Waals surface area contributed by atoms with Crippen molar-refractivity contribution in [3.63, 3.8) is 0 Å². The molecule has 1 aliphatic rings. The molecule has 1 rings (SSSR count). The Bertz CT molecular complexity index is 367. The van der Waals surface area contributed by atoms with Crippen molar-refractivity contribution in [2.45, 2.75) is 17.4 Å². The first-order chi connectivity index (χ1) is 6.84. The highest BCUT2D eigenvalue weighted by molar-refractivity contribution is 8.19. The molecule has 7 heteroatoms. The van der Waals surface area contributed by atoms with E-state index in [4.69, 9.17) is 4.55 Å². The highest BCUT2D eigenvalue weighted by Crippen LogP contribution is 2.34. The second-order valence-electron chi connectivity index (χ2n) is 3.27. The molecule has 0 amide bonds. The first kappa shape index (κ1) is 13.1. The van der Waals surface area contributed by atoms with E-state index in [1.165, 1.54) is 18.7 Å². The molecule has 15 heavy (non-hydrogen) atoms. The monoisotopic (exact) mass is 268 g/mol. The Hall–Kier alpha value is 0.0200. The number of hydrogen-bond acceptors (Lipinski definition) is 5. The van der Waals surface area contributed by atoms with Crippen molar-refractivity contribution in [2.75, 3.05) is 10.8 Å². The van der Waals surface area contributed by atoms with E-state index in [0.29, 0.717) is 5.75 Å². The molecule has 1 N–H and O–H groups in total. The summed E-state index contributed by atoms with van der Waals surface area (Å²) in [6.45, 7) is 4.87. The summed E-state index contributed by atoms with van der Waals surface area (Å²) in [4.78, 5) is 11.6. The summed E-state index contributed by atoms with van der Waals surface area (Å²) in [5, 5.41) is -0.968. The molecule has 0 radical (unpaired) electrons. The molecule has 2 atom stereocenters. The molecule has 0 aromatic heterocycles. The number of Topliss-reactive ketones (excluding diaryl/α,β-unsaturated/α-hetero) is 1. The number of carbonyl (C=O) groups is 1. The van der Waals surface area contributed by atoms with Gasteiger partial charge in [0.2, 0.25) is 0 Å². The molecule has 0 bridgehead atoms. The van der Waals surface area contributed by atoms with E-state index in [1.807, 2.05) is 0 Å². The minimum absolute atomic E-state index is 0.162. The van der Waals surface area contributed by atoms with E-state index < -0.39 is 21.2 Å². The first-order valence-electron chi connectivity index (χ1n) is 4.19. The summed E-state index contributed by atoms with van der Waals surface area (Å²) in [7, 11) is -4.34. The van der Waals surface area contributed by atoms with Gasteiger partial charge in [-0.05, 0) is 12.5 Å². The topological polar surface area (TPSA) is 71.4 Å². The van der Waals surface area contributed by atoms with E-state index in [-0.39, 0.29) is 10.8 Å².